The van der Waals surface area contributed by atoms with Gasteiger partial charge in [-0.2, -0.15) is 11.3 Å². The molecule has 2 aliphatic rings. The van der Waals surface area contributed by atoms with Gasteiger partial charge < -0.3 is 22.8 Å². The topological polar surface area (TPSA) is 192 Å². The van der Waals surface area contributed by atoms with Crippen LogP contribution in [0.3, 0.4) is 0 Å². The predicted molar refractivity (Wildman–Crippen MR) is 570 cm³/mol. The van der Waals surface area contributed by atoms with Crippen molar-refractivity contribution in [2.45, 2.75) is 89.9 Å². The molecule has 0 bridgehead atoms. The fraction of sp³-hybridized carbons (Fsp3) is 0.158. The Morgan fingerprint density at radius 1 is 0.266 bits per heavy atom. The number of para-hydroxylation sites is 8. The molecule has 18 nitrogen and oxygen atoms in total. The van der Waals surface area contributed by atoms with Gasteiger partial charge in [0.2, 0.25) is 0 Å². The lowest BCUT2D eigenvalue weighted by Crippen LogP contribution is -2.01. The Balaban J connectivity index is 0.000000106. The molecule has 9 aromatic carbocycles. The van der Waals surface area contributed by atoms with E-state index in [1.165, 1.54) is 60.2 Å². The number of aliphatic imine (C=N–C) groups is 1. The van der Waals surface area contributed by atoms with E-state index in [9.17, 15) is 0 Å². The molecule has 14 heterocycles. The summed E-state index contributed by atoms with van der Waals surface area (Å²) in [6.07, 6.45) is 33.4. The van der Waals surface area contributed by atoms with E-state index in [-0.39, 0.29) is 0 Å². The van der Waals surface area contributed by atoms with Gasteiger partial charge >= 0.3 is 0 Å². The molecule has 0 saturated heterocycles. The minimum atomic E-state index is 0.868. The Morgan fingerprint density at radius 3 is 0.971 bits per heavy atom. The zero-order chi connectivity index (χ0) is 94.4. The summed E-state index contributed by atoms with van der Waals surface area (Å²) in [5.41, 5.74) is 27.8. The molecule has 0 spiro atoms. The number of thiophene rings is 1. The van der Waals surface area contributed by atoms with Crippen LogP contribution in [0.25, 0.3) is 121 Å². The molecular formula is C120H108N18S. The molecule has 0 N–H and O–H groups in total. The molecule has 0 saturated carbocycles. The maximum atomic E-state index is 4.80. The van der Waals surface area contributed by atoms with Crippen LogP contribution in [0.5, 0.6) is 0 Å². The third-order valence-electron chi connectivity index (χ3n) is 25.2. The number of rotatable bonds is 23. The van der Waals surface area contributed by atoms with Crippen LogP contribution in [0.2, 0.25) is 0 Å². The van der Waals surface area contributed by atoms with Crippen molar-refractivity contribution in [3.05, 3.63) is 468 Å². The van der Waals surface area contributed by atoms with Crippen molar-refractivity contribution in [2.24, 2.45) is 40.2 Å². The van der Waals surface area contributed by atoms with Gasteiger partial charge in [0, 0.05) is 205 Å². The number of nitrogens with zero attached hydrogens (tertiary/aromatic N) is 18. The second kappa shape index (κ2) is 44.3. The van der Waals surface area contributed by atoms with Gasteiger partial charge in [0.25, 0.3) is 0 Å². The van der Waals surface area contributed by atoms with Crippen molar-refractivity contribution in [2.75, 3.05) is 0 Å². The minimum absolute atomic E-state index is 0.868. The monoisotopic (exact) mass is 1830 g/mol. The van der Waals surface area contributed by atoms with Crippen molar-refractivity contribution in [1.29, 1.82) is 0 Å². The Bertz CT molecular complexity index is 7940. The van der Waals surface area contributed by atoms with Crippen LogP contribution >= 0.6 is 11.3 Å². The Morgan fingerprint density at radius 2 is 0.597 bits per heavy atom. The molecule has 139 heavy (non-hydrogen) atoms. The highest BCUT2D eigenvalue weighted by molar-refractivity contribution is 7.08. The van der Waals surface area contributed by atoms with E-state index in [1.54, 1.807) is 23.7 Å². The van der Waals surface area contributed by atoms with E-state index in [4.69, 9.17) is 59.8 Å². The Kier molecular flexibility index (Phi) is 29.2. The number of allylic oxidation sites excluding steroid dienone is 5. The summed E-state index contributed by atoms with van der Waals surface area (Å²) in [5, 5.41) is 11.4. The minimum Gasteiger partial charge on any atom is -0.337 e. The third kappa shape index (κ3) is 23.5. The SMILES string of the molecule is C1=C(c2ccccc2)N=C(CCc2ccc3ccccc3n2)C1.Cn1c(CCc2ccc3ccccc3n2)nc2ccccc21.Cn1cc(-c2ccccc2)nc1CCc1ccc2ccccc2n1.Cn1cc(-c2ccncc2)nc1CCc1ccc2ccccc2n1.Cn1cc(-c2ccsc2)nc1CCc1ccc2ccccc2n1.Cn1cc(C2=CC=CC2)nc1CCc1ccc2ccccc2n1. The van der Waals surface area contributed by atoms with Gasteiger partial charge in [-0.05, 0) is 171 Å². The number of aromatic nitrogens is 17. The second-order valence-corrected chi connectivity index (χ2v) is 35.7. The summed E-state index contributed by atoms with van der Waals surface area (Å²) in [5.74, 6) is 5.47. The number of pyridine rings is 7. The molecule has 684 valence electrons. The van der Waals surface area contributed by atoms with Gasteiger partial charge in [-0.3, -0.25) is 39.9 Å². The largest absolute Gasteiger partial charge is 0.337 e. The van der Waals surface area contributed by atoms with E-state index in [0.29, 0.717) is 0 Å². The number of fused-ring (bicyclic) bond motifs is 7. The molecule has 0 radical (unpaired) electrons. The smallest absolute Gasteiger partial charge is 0.109 e. The van der Waals surface area contributed by atoms with Crippen LogP contribution in [0.1, 0.15) is 93.8 Å². The van der Waals surface area contributed by atoms with E-state index < -0.39 is 0 Å². The van der Waals surface area contributed by atoms with Gasteiger partial charge in [0.15, 0.2) is 0 Å². The van der Waals surface area contributed by atoms with Crippen molar-refractivity contribution in [3.63, 3.8) is 0 Å². The van der Waals surface area contributed by atoms with Gasteiger partial charge in [0.05, 0.1) is 72.6 Å². The predicted octanol–water partition coefficient (Wildman–Crippen LogP) is 25.8. The first kappa shape index (κ1) is 91.6. The maximum absolute atomic E-state index is 4.80. The summed E-state index contributed by atoms with van der Waals surface area (Å²) in [4.78, 5) is 61.1. The van der Waals surface area contributed by atoms with Crippen molar-refractivity contribution in [3.8, 4) is 33.8 Å². The van der Waals surface area contributed by atoms with Gasteiger partial charge in [-0.25, -0.2) is 24.9 Å². The summed E-state index contributed by atoms with van der Waals surface area (Å²) in [6.45, 7) is 0. The van der Waals surface area contributed by atoms with Gasteiger partial charge in [-0.15, -0.1) is 0 Å². The first-order valence-electron chi connectivity index (χ1n) is 47.6. The highest BCUT2D eigenvalue weighted by atomic mass is 32.1. The summed E-state index contributed by atoms with van der Waals surface area (Å²) in [7, 11) is 10.3. The van der Waals surface area contributed by atoms with Gasteiger partial charge in [0.1, 0.15) is 29.1 Å². The number of hydrogen-bond acceptors (Lipinski definition) is 14. The molecule has 24 rings (SSSR count). The van der Waals surface area contributed by atoms with Crippen molar-refractivity contribution >= 4 is 105 Å². The molecule has 13 aromatic heterocycles. The average Bonchev–Trinajstić information content (AvgIpc) is 1.63. The van der Waals surface area contributed by atoms with Crippen molar-refractivity contribution < 1.29 is 0 Å². The van der Waals surface area contributed by atoms with Crippen LogP contribution in [0, 0.1) is 0 Å². The van der Waals surface area contributed by atoms with Crippen LogP contribution < -0.4 is 0 Å². The molecule has 19 heteroatoms. The first-order chi connectivity index (χ1) is 68.4. The highest BCUT2D eigenvalue weighted by Gasteiger charge is 2.18. The van der Waals surface area contributed by atoms with E-state index in [1.807, 2.05) is 122 Å². The molecule has 0 amide bonds. The second-order valence-electron chi connectivity index (χ2n) is 34.9. The standard InChI is InChI=1S/C21H19N3.C21H18N2.C20H18N4.C20H19N3.C19H17N3S.C19H17N3/c1-24-15-20(16-7-3-2-4-8-16)23-21(24)14-13-18-12-11-17-9-5-6-10-19(17)22-18;1-2-6-16(7-3-1)21-15-14-19(23-21)13-12-18-11-10-17-8-4-5-9-20(17)22-18;1-24-14-19(16-10-12-21-13-11-16)23-20(24)9-8-17-7-6-15-4-2-3-5-18(15)22-17;1-23-14-19(15-6-2-3-7-15)22-20(23)13-12-17-11-10-16-8-4-5-9-18(16)21-17;1-22-12-18(15-10-11-23-13-15)21-19(22)9-8-16-7-6-14-4-2-3-5-17(14)20-16;1-22-18-9-5-4-8-17(18)21-19(22)13-12-15-11-10-14-6-2-3-7-16(14)20-15/h2-12,15H,13-14H2,1H3;1-11,15H,12-14H2;2-7,10-14H,8-9H2,1H3;2-6,8-11,14H,7,12-13H2,1H3;2-7,10-13H,8-9H2,1H3;2-11H,12-13H2,1H3. The van der Waals surface area contributed by atoms with E-state index in [0.717, 1.165) is 231 Å². The van der Waals surface area contributed by atoms with E-state index >= 15 is 0 Å². The summed E-state index contributed by atoms with van der Waals surface area (Å²) in [6, 6.07) is 110. The quantitative estimate of drug-likeness (QED) is 0.0589. The number of benzene rings is 9. The van der Waals surface area contributed by atoms with Crippen LogP contribution in [-0.2, 0) is 106 Å². The molecular weight excluding hydrogens is 1730 g/mol. The van der Waals surface area contributed by atoms with E-state index in [2.05, 4.69) is 322 Å². The van der Waals surface area contributed by atoms with Gasteiger partial charge in [-0.1, -0.05) is 243 Å². The number of imidazole rings is 5. The van der Waals surface area contributed by atoms with Crippen molar-refractivity contribution in [1.82, 2.24) is 82.6 Å². The maximum Gasteiger partial charge on any atom is 0.109 e. The fourth-order valence-electron chi connectivity index (χ4n) is 17.5. The number of hydrogen-bond donors (Lipinski definition) is 0. The lowest BCUT2D eigenvalue weighted by atomic mass is 10.1. The zero-order valence-corrected chi connectivity index (χ0v) is 79.7. The normalized spacial score (nSPS) is 12.0. The molecule has 1 aliphatic carbocycles. The highest BCUT2D eigenvalue weighted by Crippen LogP contribution is 2.30. The van der Waals surface area contributed by atoms with Crippen LogP contribution in [0.15, 0.2) is 399 Å². The number of aryl methyl sites for hydroxylation is 16. The average molecular weight is 1830 g/mol. The third-order valence-corrected chi connectivity index (χ3v) is 25.9. The summed E-state index contributed by atoms with van der Waals surface area (Å²) < 4.78 is 10.6. The lowest BCUT2D eigenvalue weighted by molar-refractivity contribution is 0.763. The van der Waals surface area contributed by atoms with Crippen LogP contribution in [-0.4, -0.2) is 88.4 Å². The molecule has 0 unspecified atom stereocenters. The Labute approximate surface area is 814 Å². The fourth-order valence-corrected chi connectivity index (χ4v) is 18.1. The zero-order valence-electron chi connectivity index (χ0n) is 78.9. The van der Waals surface area contributed by atoms with Crippen LogP contribution in [0.4, 0.5) is 0 Å². The molecule has 0 atom stereocenters. The first-order valence-corrected chi connectivity index (χ1v) is 48.6. The molecule has 0 fully saturated rings. The lowest BCUT2D eigenvalue weighted by Gasteiger charge is -2.04. The molecule has 22 aromatic rings. The Hall–Kier alpha value is -16.5. The molecule has 1 aliphatic heterocycles. The summed E-state index contributed by atoms with van der Waals surface area (Å²) >= 11 is 1.70.